The molecule has 0 aliphatic heterocycles. The number of aliphatic hydroxyl groups excluding tert-OH is 1. The lowest BCUT2D eigenvalue weighted by atomic mass is 9.96. The van der Waals surface area contributed by atoms with Crippen LogP contribution in [0.4, 0.5) is 0 Å². The third kappa shape index (κ3) is 1.96. The monoisotopic (exact) mass is 208 g/mol. The summed E-state index contributed by atoms with van der Waals surface area (Å²) in [6, 6.07) is 8.56. The highest BCUT2D eigenvalue weighted by Crippen LogP contribution is 2.35. The summed E-state index contributed by atoms with van der Waals surface area (Å²) >= 11 is 1.76. The third-order valence-corrected chi connectivity index (χ3v) is 3.73. The fourth-order valence-electron chi connectivity index (χ4n) is 2.20. The molecule has 0 aromatic heterocycles. The van der Waals surface area contributed by atoms with Crippen LogP contribution in [0.5, 0.6) is 0 Å². The predicted octanol–water partition coefficient (Wildman–Crippen LogP) is 3.04. The maximum Gasteiger partial charge on any atom is 0.0608 e. The van der Waals surface area contributed by atoms with Gasteiger partial charge in [-0.2, -0.15) is 0 Å². The zero-order valence-corrected chi connectivity index (χ0v) is 9.26. The molecule has 0 radical (unpaired) electrons. The largest absolute Gasteiger partial charge is 0.392 e. The van der Waals surface area contributed by atoms with E-state index in [0.717, 1.165) is 19.3 Å². The third-order valence-electron chi connectivity index (χ3n) is 3.00. The molecule has 2 rings (SSSR count). The van der Waals surface area contributed by atoms with Crippen molar-refractivity contribution in [2.45, 2.75) is 36.2 Å². The highest BCUT2D eigenvalue weighted by Gasteiger charge is 2.26. The van der Waals surface area contributed by atoms with Gasteiger partial charge < -0.3 is 5.11 Å². The van der Waals surface area contributed by atoms with Gasteiger partial charge in [-0.3, -0.25) is 0 Å². The molecule has 1 aromatic carbocycles. The van der Waals surface area contributed by atoms with E-state index in [1.165, 1.54) is 10.5 Å². The number of hydrogen-bond donors (Lipinski definition) is 1. The van der Waals surface area contributed by atoms with E-state index in [1.807, 2.05) is 0 Å². The zero-order valence-electron chi connectivity index (χ0n) is 8.44. The van der Waals surface area contributed by atoms with Crippen molar-refractivity contribution in [3.63, 3.8) is 0 Å². The second kappa shape index (κ2) is 4.37. The summed E-state index contributed by atoms with van der Waals surface area (Å²) < 4.78 is 0. The van der Waals surface area contributed by atoms with Crippen LogP contribution in [0.1, 0.15) is 30.7 Å². The van der Waals surface area contributed by atoms with Gasteiger partial charge >= 0.3 is 0 Å². The van der Waals surface area contributed by atoms with E-state index in [1.54, 1.807) is 11.8 Å². The smallest absolute Gasteiger partial charge is 0.0608 e. The molecule has 76 valence electrons. The SMILES string of the molecule is CSc1cccc(C2CCCC2O)c1. The van der Waals surface area contributed by atoms with Crippen LogP contribution in [0.2, 0.25) is 0 Å². The van der Waals surface area contributed by atoms with Crippen LogP contribution in [0.3, 0.4) is 0 Å². The summed E-state index contributed by atoms with van der Waals surface area (Å²) in [5.41, 5.74) is 1.31. The van der Waals surface area contributed by atoms with E-state index >= 15 is 0 Å². The van der Waals surface area contributed by atoms with Crippen molar-refractivity contribution < 1.29 is 5.11 Å². The fraction of sp³-hybridized carbons (Fsp3) is 0.500. The average Bonchev–Trinajstić information content (AvgIpc) is 2.65. The normalized spacial score (nSPS) is 26.7. The van der Waals surface area contributed by atoms with Crippen molar-refractivity contribution in [1.82, 2.24) is 0 Å². The predicted molar refractivity (Wildman–Crippen MR) is 60.8 cm³/mol. The average molecular weight is 208 g/mol. The first-order valence-corrected chi connectivity index (χ1v) is 6.36. The number of benzene rings is 1. The van der Waals surface area contributed by atoms with E-state index in [2.05, 4.69) is 30.5 Å². The van der Waals surface area contributed by atoms with Crippen LogP contribution < -0.4 is 0 Å². The van der Waals surface area contributed by atoms with Gasteiger partial charge in [-0.25, -0.2) is 0 Å². The Kier molecular flexibility index (Phi) is 3.14. The summed E-state index contributed by atoms with van der Waals surface area (Å²) in [4.78, 5) is 1.29. The van der Waals surface area contributed by atoms with Crippen molar-refractivity contribution in [2.75, 3.05) is 6.26 Å². The second-order valence-electron chi connectivity index (χ2n) is 3.88. The first-order valence-electron chi connectivity index (χ1n) is 5.13. The Balaban J connectivity index is 2.22. The molecule has 0 bridgehead atoms. The number of aliphatic hydroxyl groups is 1. The summed E-state index contributed by atoms with van der Waals surface area (Å²) in [6.45, 7) is 0. The highest BCUT2D eigenvalue weighted by molar-refractivity contribution is 7.98. The molecule has 2 unspecified atom stereocenters. The van der Waals surface area contributed by atoms with Gasteiger partial charge in [0.25, 0.3) is 0 Å². The van der Waals surface area contributed by atoms with E-state index in [9.17, 15) is 5.11 Å². The summed E-state index contributed by atoms with van der Waals surface area (Å²) in [6.07, 6.45) is 5.24. The topological polar surface area (TPSA) is 20.2 Å². The molecule has 1 nitrogen and oxygen atoms in total. The van der Waals surface area contributed by atoms with Crippen LogP contribution in [0, 0.1) is 0 Å². The van der Waals surface area contributed by atoms with E-state index in [0.29, 0.717) is 5.92 Å². The highest BCUT2D eigenvalue weighted by atomic mass is 32.2. The molecule has 1 fully saturated rings. The Bertz CT molecular complexity index is 311. The van der Waals surface area contributed by atoms with Crippen LogP contribution >= 0.6 is 11.8 Å². The van der Waals surface area contributed by atoms with Gasteiger partial charge in [-0.15, -0.1) is 11.8 Å². The van der Waals surface area contributed by atoms with E-state index in [4.69, 9.17) is 0 Å². The molecule has 14 heavy (non-hydrogen) atoms. The molecule has 1 aliphatic carbocycles. The van der Waals surface area contributed by atoms with Crippen molar-refractivity contribution in [1.29, 1.82) is 0 Å². The molecule has 1 aromatic rings. The molecule has 0 spiro atoms. The molecule has 1 N–H and O–H groups in total. The molecule has 1 saturated carbocycles. The molecule has 0 saturated heterocycles. The van der Waals surface area contributed by atoms with E-state index < -0.39 is 0 Å². The molecule has 0 amide bonds. The number of rotatable bonds is 2. The molecule has 2 heteroatoms. The summed E-state index contributed by atoms with van der Waals surface area (Å²) in [7, 11) is 0. The number of hydrogen-bond acceptors (Lipinski definition) is 2. The van der Waals surface area contributed by atoms with Gasteiger partial charge in [0.2, 0.25) is 0 Å². The van der Waals surface area contributed by atoms with Crippen LogP contribution in [-0.4, -0.2) is 17.5 Å². The van der Waals surface area contributed by atoms with Crippen LogP contribution in [0.15, 0.2) is 29.2 Å². The van der Waals surface area contributed by atoms with Crippen molar-refractivity contribution >= 4 is 11.8 Å². The minimum absolute atomic E-state index is 0.118. The fourth-order valence-corrected chi connectivity index (χ4v) is 2.67. The van der Waals surface area contributed by atoms with Crippen LogP contribution in [0.25, 0.3) is 0 Å². The lowest BCUT2D eigenvalue weighted by Gasteiger charge is -2.15. The molecule has 0 heterocycles. The minimum Gasteiger partial charge on any atom is -0.392 e. The van der Waals surface area contributed by atoms with Crippen molar-refractivity contribution in [2.24, 2.45) is 0 Å². The minimum atomic E-state index is -0.118. The van der Waals surface area contributed by atoms with Gasteiger partial charge in [-0.05, 0) is 36.8 Å². The van der Waals surface area contributed by atoms with Gasteiger partial charge in [0, 0.05) is 10.8 Å². The van der Waals surface area contributed by atoms with Gasteiger partial charge in [0.15, 0.2) is 0 Å². The maximum atomic E-state index is 9.80. The zero-order chi connectivity index (χ0) is 9.97. The maximum absolute atomic E-state index is 9.80. The van der Waals surface area contributed by atoms with Gasteiger partial charge in [-0.1, -0.05) is 18.6 Å². The first-order chi connectivity index (χ1) is 6.81. The Morgan fingerprint density at radius 1 is 1.36 bits per heavy atom. The quantitative estimate of drug-likeness (QED) is 0.754. The molecular formula is C12H16OS. The second-order valence-corrected chi connectivity index (χ2v) is 4.76. The molecule has 2 atom stereocenters. The first kappa shape index (κ1) is 10.1. The Hall–Kier alpha value is -0.470. The summed E-state index contributed by atoms with van der Waals surface area (Å²) in [5.74, 6) is 0.377. The molecule has 1 aliphatic rings. The Labute approximate surface area is 89.5 Å². The lowest BCUT2D eigenvalue weighted by Crippen LogP contribution is -2.10. The van der Waals surface area contributed by atoms with Gasteiger partial charge in [0.05, 0.1) is 6.10 Å². The Morgan fingerprint density at radius 2 is 2.21 bits per heavy atom. The van der Waals surface area contributed by atoms with Crippen LogP contribution in [-0.2, 0) is 0 Å². The van der Waals surface area contributed by atoms with Crippen molar-refractivity contribution in [3.8, 4) is 0 Å². The molecular weight excluding hydrogens is 192 g/mol. The lowest BCUT2D eigenvalue weighted by molar-refractivity contribution is 0.164. The standard InChI is InChI=1S/C12H16OS/c1-14-10-5-2-4-9(8-10)11-6-3-7-12(11)13/h2,4-5,8,11-13H,3,6-7H2,1H3. The number of thioether (sulfide) groups is 1. The van der Waals surface area contributed by atoms with Gasteiger partial charge in [0.1, 0.15) is 0 Å². The Morgan fingerprint density at radius 3 is 2.86 bits per heavy atom. The van der Waals surface area contributed by atoms with Crippen molar-refractivity contribution in [3.05, 3.63) is 29.8 Å². The van der Waals surface area contributed by atoms with E-state index in [-0.39, 0.29) is 6.10 Å². The summed E-state index contributed by atoms with van der Waals surface area (Å²) in [5, 5.41) is 9.80.